The number of methoxy groups -OCH3 is 1. The third-order valence-electron chi connectivity index (χ3n) is 4.23. The molecule has 1 saturated heterocycles. The minimum Gasteiger partial charge on any atom is -0.383 e. The maximum Gasteiger partial charge on any atom is 0.169 e. The van der Waals surface area contributed by atoms with Gasteiger partial charge in [-0.05, 0) is 32.0 Å². The summed E-state index contributed by atoms with van der Waals surface area (Å²) in [5.41, 5.74) is 0. The molecule has 1 aliphatic heterocycles. The summed E-state index contributed by atoms with van der Waals surface area (Å²) in [5, 5.41) is 4.23. The number of ether oxygens (including phenoxy) is 1. The third-order valence-corrected chi connectivity index (χ3v) is 4.61. The molecular weight excluding hydrogens is 258 g/mol. The molecule has 2 aliphatic rings. The van der Waals surface area contributed by atoms with Crippen LogP contribution in [0.15, 0.2) is 0 Å². The van der Waals surface area contributed by atoms with E-state index in [1.54, 1.807) is 7.11 Å². The summed E-state index contributed by atoms with van der Waals surface area (Å²) < 4.78 is 5.13. The molecule has 0 aromatic carbocycles. The Hall–Kier alpha value is -0.390. The molecule has 1 aliphatic carbocycles. The first kappa shape index (κ1) is 15.0. The summed E-state index contributed by atoms with van der Waals surface area (Å²) in [4.78, 5) is 4.96. The van der Waals surface area contributed by atoms with Crippen LogP contribution in [0, 0.1) is 0 Å². The highest BCUT2D eigenvalue weighted by Crippen LogP contribution is 2.24. The standard InChI is InChI=1S/C14H27N3OS/c1-12(11-18-2)15-14(19)17-9-7-16(8-10-17)13-5-3-4-6-13/h12-13H,3-11H2,1-2H3,(H,15,19). The van der Waals surface area contributed by atoms with E-state index in [4.69, 9.17) is 17.0 Å². The van der Waals surface area contributed by atoms with Gasteiger partial charge >= 0.3 is 0 Å². The summed E-state index contributed by atoms with van der Waals surface area (Å²) in [6.07, 6.45) is 5.62. The van der Waals surface area contributed by atoms with Gasteiger partial charge in [-0.3, -0.25) is 4.90 Å². The highest BCUT2D eigenvalue weighted by Gasteiger charge is 2.26. The molecule has 0 aromatic rings. The number of nitrogens with one attached hydrogen (secondary N) is 1. The van der Waals surface area contributed by atoms with E-state index in [2.05, 4.69) is 22.0 Å². The van der Waals surface area contributed by atoms with E-state index in [9.17, 15) is 0 Å². The Morgan fingerprint density at radius 1 is 1.26 bits per heavy atom. The van der Waals surface area contributed by atoms with Gasteiger partial charge in [0.05, 0.1) is 6.61 Å². The van der Waals surface area contributed by atoms with Gasteiger partial charge in [0.2, 0.25) is 0 Å². The van der Waals surface area contributed by atoms with Crippen molar-refractivity contribution in [1.29, 1.82) is 0 Å². The Bertz CT molecular complexity index is 286. The normalized spacial score (nSPS) is 23.6. The van der Waals surface area contributed by atoms with Gasteiger partial charge in [0.15, 0.2) is 5.11 Å². The van der Waals surface area contributed by atoms with Gasteiger partial charge in [-0.1, -0.05) is 12.8 Å². The van der Waals surface area contributed by atoms with E-state index in [1.807, 2.05) is 0 Å². The molecule has 0 amide bonds. The van der Waals surface area contributed by atoms with Crippen LogP contribution in [0.1, 0.15) is 32.6 Å². The van der Waals surface area contributed by atoms with Crippen molar-refractivity contribution in [3.8, 4) is 0 Å². The molecule has 0 aromatic heterocycles. The summed E-state index contributed by atoms with van der Waals surface area (Å²) >= 11 is 5.48. The lowest BCUT2D eigenvalue weighted by atomic mass is 10.2. The van der Waals surface area contributed by atoms with Crippen molar-refractivity contribution in [2.45, 2.75) is 44.7 Å². The zero-order valence-corrected chi connectivity index (χ0v) is 13.0. The first-order chi connectivity index (χ1) is 9.20. The van der Waals surface area contributed by atoms with Crippen LogP contribution in [-0.4, -0.2) is 66.9 Å². The number of hydrogen-bond donors (Lipinski definition) is 1. The Balaban J connectivity index is 1.71. The molecular formula is C14H27N3OS. The van der Waals surface area contributed by atoms with Gasteiger partial charge in [-0.15, -0.1) is 0 Å². The first-order valence-corrected chi connectivity index (χ1v) is 7.90. The fraction of sp³-hybridized carbons (Fsp3) is 0.929. The van der Waals surface area contributed by atoms with Crippen LogP contribution < -0.4 is 5.32 Å². The predicted octanol–water partition coefficient (Wildman–Crippen LogP) is 1.46. The molecule has 1 unspecified atom stereocenters. The van der Waals surface area contributed by atoms with Gasteiger partial charge in [0.25, 0.3) is 0 Å². The number of piperazine rings is 1. The zero-order valence-electron chi connectivity index (χ0n) is 12.2. The van der Waals surface area contributed by atoms with Gasteiger partial charge < -0.3 is 15.0 Å². The molecule has 1 saturated carbocycles. The number of rotatable bonds is 4. The smallest absolute Gasteiger partial charge is 0.169 e. The Morgan fingerprint density at radius 3 is 2.47 bits per heavy atom. The zero-order chi connectivity index (χ0) is 13.7. The molecule has 1 N–H and O–H groups in total. The highest BCUT2D eigenvalue weighted by atomic mass is 32.1. The van der Waals surface area contributed by atoms with E-state index in [1.165, 1.54) is 25.7 Å². The summed E-state index contributed by atoms with van der Waals surface area (Å²) in [6, 6.07) is 1.13. The van der Waals surface area contributed by atoms with E-state index in [0.29, 0.717) is 6.61 Å². The second-order valence-electron chi connectivity index (χ2n) is 5.77. The van der Waals surface area contributed by atoms with Crippen LogP contribution in [0.2, 0.25) is 0 Å². The molecule has 19 heavy (non-hydrogen) atoms. The highest BCUT2D eigenvalue weighted by molar-refractivity contribution is 7.80. The molecule has 0 radical (unpaired) electrons. The lowest BCUT2D eigenvalue weighted by molar-refractivity contribution is 0.131. The van der Waals surface area contributed by atoms with E-state index in [-0.39, 0.29) is 6.04 Å². The van der Waals surface area contributed by atoms with E-state index >= 15 is 0 Å². The average molecular weight is 285 g/mol. The molecule has 0 spiro atoms. The number of thiocarbonyl (C=S) groups is 1. The van der Waals surface area contributed by atoms with E-state index in [0.717, 1.165) is 37.3 Å². The van der Waals surface area contributed by atoms with Crippen molar-refractivity contribution in [1.82, 2.24) is 15.1 Å². The Labute approximate surface area is 122 Å². The second kappa shape index (κ2) is 7.41. The maximum absolute atomic E-state index is 5.48. The Kier molecular flexibility index (Phi) is 5.85. The second-order valence-corrected chi connectivity index (χ2v) is 6.15. The predicted molar refractivity (Wildman–Crippen MR) is 82.5 cm³/mol. The van der Waals surface area contributed by atoms with Crippen LogP contribution in [0.3, 0.4) is 0 Å². The van der Waals surface area contributed by atoms with Crippen molar-refractivity contribution < 1.29 is 4.74 Å². The van der Waals surface area contributed by atoms with Gasteiger partial charge in [-0.2, -0.15) is 0 Å². The minimum absolute atomic E-state index is 0.283. The van der Waals surface area contributed by atoms with Crippen LogP contribution in [-0.2, 0) is 4.74 Å². The summed E-state index contributed by atoms with van der Waals surface area (Å²) in [5.74, 6) is 0. The van der Waals surface area contributed by atoms with Gasteiger partial charge in [0.1, 0.15) is 0 Å². The topological polar surface area (TPSA) is 27.7 Å². The minimum atomic E-state index is 0.283. The summed E-state index contributed by atoms with van der Waals surface area (Å²) in [6.45, 7) is 7.23. The van der Waals surface area contributed by atoms with Crippen molar-refractivity contribution in [2.75, 3.05) is 39.9 Å². The lowest BCUT2D eigenvalue weighted by Gasteiger charge is -2.39. The fourth-order valence-electron chi connectivity index (χ4n) is 3.15. The van der Waals surface area contributed by atoms with Crippen molar-refractivity contribution in [2.24, 2.45) is 0 Å². The molecule has 0 bridgehead atoms. The van der Waals surface area contributed by atoms with Crippen LogP contribution in [0.4, 0.5) is 0 Å². The molecule has 2 rings (SSSR count). The molecule has 110 valence electrons. The van der Waals surface area contributed by atoms with Crippen molar-refractivity contribution >= 4 is 17.3 Å². The van der Waals surface area contributed by atoms with Crippen LogP contribution >= 0.6 is 12.2 Å². The molecule has 2 fully saturated rings. The van der Waals surface area contributed by atoms with Crippen LogP contribution in [0.25, 0.3) is 0 Å². The van der Waals surface area contributed by atoms with Crippen molar-refractivity contribution in [3.63, 3.8) is 0 Å². The van der Waals surface area contributed by atoms with Gasteiger partial charge in [0, 0.05) is 45.4 Å². The first-order valence-electron chi connectivity index (χ1n) is 7.49. The largest absolute Gasteiger partial charge is 0.383 e. The van der Waals surface area contributed by atoms with Crippen molar-refractivity contribution in [3.05, 3.63) is 0 Å². The number of nitrogens with zero attached hydrogens (tertiary/aromatic N) is 2. The summed E-state index contributed by atoms with van der Waals surface area (Å²) in [7, 11) is 1.72. The molecule has 4 nitrogen and oxygen atoms in total. The fourth-order valence-corrected chi connectivity index (χ4v) is 3.54. The Morgan fingerprint density at radius 2 is 1.89 bits per heavy atom. The lowest BCUT2D eigenvalue weighted by Crippen LogP contribution is -2.55. The third kappa shape index (κ3) is 4.29. The van der Waals surface area contributed by atoms with Gasteiger partial charge in [-0.25, -0.2) is 0 Å². The number of hydrogen-bond acceptors (Lipinski definition) is 3. The average Bonchev–Trinajstić information content (AvgIpc) is 2.93. The van der Waals surface area contributed by atoms with E-state index < -0.39 is 0 Å². The SMILES string of the molecule is COCC(C)NC(=S)N1CCN(C2CCCC2)CC1. The molecule has 5 heteroatoms. The van der Waals surface area contributed by atoms with Crippen LogP contribution in [0.5, 0.6) is 0 Å². The quantitative estimate of drug-likeness (QED) is 0.790. The molecule has 1 heterocycles. The monoisotopic (exact) mass is 285 g/mol. The molecule has 1 atom stereocenters. The maximum atomic E-state index is 5.48.